The number of phenolic OH excluding ortho intramolecular Hbond substituents is 4. The van der Waals surface area contributed by atoms with E-state index in [1.807, 2.05) is 26.0 Å². The number of ether oxygens (including phenoxy) is 2. The minimum Gasteiger partial charge on any atom is -0.507 e. The zero-order valence-electron chi connectivity index (χ0n) is 45.7. The van der Waals surface area contributed by atoms with E-state index in [1.165, 1.54) is 48.6 Å². The van der Waals surface area contributed by atoms with Gasteiger partial charge in [-0.15, -0.1) is 0 Å². The number of allylic oxidation sites excluding steroid dienone is 2. The maximum Gasteiger partial charge on any atom is 0.490 e. The zero-order chi connectivity index (χ0) is 65.3. The number of alkyl halides is 8. The Balaban J connectivity index is 0.000000439. The monoisotopic (exact) mass is 1270 g/mol. The lowest BCUT2D eigenvalue weighted by molar-refractivity contribution is -0.192. The average molecular weight is 1270 g/mol. The number of ketones is 3. The lowest BCUT2D eigenvalue weighted by atomic mass is 9.97. The minimum atomic E-state index is -5.08. The Morgan fingerprint density at radius 1 is 0.511 bits per heavy atom. The number of aromatic hydroxyl groups is 4. The number of carboxylic acid groups (broad SMARTS) is 3. The number of hydrogen-bond acceptors (Lipinski definition) is 15. The van der Waals surface area contributed by atoms with E-state index < -0.39 is 58.6 Å². The smallest absolute Gasteiger partial charge is 0.490 e. The fourth-order valence-corrected chi connectivity index (χ4v) is 7.27. The third kappa shape index (κ3) is 22.9. The fraction of sp³-hybridized carbons (Fsp3) is 0.145. The molecule has 0 fully saturated rings. The molecule has 18 nitrogen and oxygen atoms in total. The van der Waals surface area contributed by atoms with Crippen molar-refractivity contribution in [1.82, 2.24) is 10.6 Å². The number of methoxy groups -OCH3 is 2. The van der Waals surface area contributed by atoms with Crippen molar-refractivity contribution >= 4 is 100 Å². The summed E-state index contributed by atoms with van der Waals surface area (Å²) in [6.07, 6.45) is 2.23. The van der Waals surface area contributed by atoms with E-state index in [0.29, 0.717) is 56.1 Å². The highest BCUT2D eigenvalue weighted by molar-refractivity contribution is 6.54. The normalized spacial score (nSPS) is 12.0. The molecule has 9 N–H and O–H groups in total. The number of hydrogen-bond donors (Lipinski definition) is 9. The van der Waals surface area contributed by atoms with Crippen LogP contribution < -0.4 is 20.1 Å². The highest BCUT2D eigenvalue weighted by atomic mass is 35.5. The Labute approximate surface area is 508 Å². The molecule has 6 aromatic carbocycles. The van der Waals surface area contributed by atoms with E-state index >= 15 is 0 Å². The molecule has 0 saturated carbocycles. The first kappa shape index (κ1) is 73.8. The molecule has 0 saturated heterocycles. The van der Waals surface area contributed by atoms with Crippen LogP contribution in [0.25, 0.3) is 35.7 Å². The zero-order valence-corrected chi connectivity index (χ0v) is 47.2. The van der Waals surface area contributed by atoms with Gasteiger partial charge in [0.15, 0.2) is 4.84 Å². The van der Waals surface area contributed by atoms with Gasteiger partial charge in [-0.05, 0) is 139 Å². The molecule has 6 aromatic rings. The maximum absolute atomic E-state index is 12.5. The molecule has 0 radical (unpaired) electrons. The van der Waals surface area contributed by atoms with Gasteiger partial charge >= 0.3 is 30.3 Å². The summed E-state index contributed by atoms with van der Waals surface area (Å²) in [6, 6.07) is 32.5. The molecule has 0 bridgehead atoms. The molecule has 466 valence electrons. The van der Waals surface area contributed by atoms with Crippen molar-refractivity contribution in [3.05, 3.63) is 201 Å². The summed E-state index contributed by atoms with van der Waals surface area (Å²) in [7, 11) is 3.16. The Hall–Kier alpha value is -10.3. The Morgan fingerprint density at radius 2 is 0.841 bits per heavy atom. The quantitative estimate of drug-likeness (QED) is 0.0109. The van der Waals surface area contributed by atoms with Gasteiger partial charge in [-0.2, -0.15) is 26.3 Å². The molecule has 88 heavy (non-hydrogen) atoms. The second kappa shape index (κ2) is 34.6. The first-order valence-electron chi connectivity index (χ1n) is 24.6. The van der Waals surface area contributed by atoms with E-state index in [1.54, 1.807) is 111 Å². The number of phenols is 4. The molecule has 7 rings (SSSR count). The summed E-state index contributed by atoms with van der Waals surface area (Å²) in [5.74, 6) is -8.06. The molecule has 1 aliphatic heterocycles. The van der Waals surface area contributed by atoms with Crippen LogP contribution in [0.15, 0.2) is 146 Å². The molecular formula is C62H56Cl2F6N2O16. The molecule has 0 aromatic heterocycles. The lowest BCUT2D eigenvalue weighted by Crippen LogP contribution is -2.27. The number of Topliss-reactive ketones (excluding diaryl/α,β-unsaturated/α-hetero) is 3. The molecule has 26 heteroatoms. The van der Waals surface area contributed by atoms with Gasteiger partial charge in [0.1, 0.15) is 46.9 Å². The molecule has 0 aliphatic carbocycles. The topological polar surface area (TPSA) is 304 Å². The number of halogens is 8. The van der Waals surface area contributed by atoms with E-state index in [0.717, 1.165) is 29.8 Å². The standard InChI is InChI=1S/C28H24N2O7.C20H18O4.C8H8O2.C3HCl2F3O.C2HF3O2.CH4/c1-37-19-8-6-18(7-9-19)28-29-26(20-14-16(2-10-22(20)31)4-12-24(33)34)27(30-28)21-15-17(3-11-23(21)32)5-13-25(35)36;1-3-5-13-7-9-17(21)15(11-13)19(23)20(24)16-12-14(6-4-2)8-10-18(16)22;1-10-8-4-2-7(6-9)3-5-8;4-2(5)1(9)3(6,7)8;3-2(4,5)1(6)7;/h2-15,28-32H,1H3,(H,33,34)(H,35,36);3-12,21-22H,1-2H3;2-6H,1H3;2H;(H,6,7);1H4/b12-4+,13-5+;5-3+,6-4+;;;;. The number of carbonyl (C=O) groups is 7. The van der Waals surface area contributed by atoms with Crippen LogP contribution in [-0.2, 0) is 19.2 Å². The molecule has 0 amide bonds. The summed E-state index contributed by atoms with van der Waals surface area (Å²) in [5, 5.41) is 73.1. The first-order valence-corrected chi connectivity index (χ1v) is 25.5. The van der Waals surface area contributed by atoms with E-state index in [2.05, 4.69) is 33.8 Å². The van der Waals surface area contributed by atoms with Crippen molar-refractivity contribution < 1.29 is 105 Å². The first-order chi connectivity index (χ1) is 40.9. The highest BCUT2D eigenvalue weighted by Crippen LogP contribution is 2.40. The van der Waals surface area contributed by atoms with Crippen LogP contribution in [0.2, 0.25) is 0 Å². The maximum atomic E-state index is 12.5. The number of rotatable bonds is 16. The molecular weight excluding hydrogens is 1210 g/mol. The molecule has 1 aliphatic rings. The van der Waals surface area contributed by atoms with Gasteiger partial charge in [0.25, 0.3) is 5.78 Å². The van der Waals surface area contributed by atoms with Crippen molar-refractivity contribution in [2.45, 2.75) is 44.6 Å². The molecule has 0 spiro atoms. The number of benzene rings is 6. The third-order valence-corrected chi connectivity index (χ3v) is 11.5. The van der Waals surface area contributed by atoms with Crippen molar-refractivity contribution in [2.75, 3.05) is 14.2 Å². The van der Waals surface area contributed by atoms with Gasteiger partial charge in [0.2, 0.25) is 11.6 Å². The van der Waals surface area contributed by atoms with Gasteiger partial charge in [0, 0.05) is 28.8 Å². The number of aliphatic carboxylic acids is 3. The predicted molar refractivity (Wildman–Crippen MR) is 318 cm³/mol. The molecule has 0 unspecified atom stereocenters. The van der Waals surface area contributed by atoms with Crippen LogP contribution in [0.1, 0.15) is 97.5 Å². The lowest BCUT2D eigenvalue weighted by Gasteiger charge is -2.16. The van der Waals surface area contributed by atoms with E-state index in [4.69, 9.17) is 29.6 Å². The molecule has 1 heterocycles. The van der Waals surface area contributed by atoms with Crippen molar-refractivity contribution in [2.24, 2.45) is 0 Å². The Morgan fingerprint density at radius 3 is 1.12 bits per heavy atom. The third-order valence-electron chi connectivity index (χ3n) is 11.1. The number of carboxylic acids is 3. The second-order valence-corrected chi connectivity index (χ2v) is 18.3. The van der Waals surface area contributed by atoms with Crippen molar-refractivity contribution in [3.63, 3.8) is 0 Å². The molecule has 0 atom stereocenters. The predicted octanol–water partition coefficient (Wildman–Crippen LogP) is 12.9. The number of carbonyl (C=O) groups excluding carboxylic acids is 4. The van der Waals surface area contributed by atoms with Gasteiger partial charge in [0.05, 0.1) is 36.7 Å². The van der Waals surface area contributed by atoms with E-state index in [-0.39, 0.29) is 41.6 Å². The fourth-order valence-electron chi connectivity index (χ4n) is 7.02. The van der Waals surface area contributed by atoms with Gasteiger partial charge in [-0.1, -0.05) is 91.3 Å². The van der Waals surface area contributed by atoms with Crippen LogP contribution in [-0.4, -0.2) is 109 Å². The Kier molecular flexibility index (Phi) is 29.0. The van der Waals surface area contributed by atoms with Crippen molar-refractivity contribution in [1.29, 1.82) is 0 Å². The van der Waals surface area contributed by atoms with E-state index in [9.17, 15) is 75.5 Å². The average Bonchev–Trinajstić information content (AvgIpc) is 2.60. The summed E-state index contributed by atoms with van der Waals surface area (Å²) < 4.78 is 75.4. The summed E-state index contributed by atoms with van der Waals surface area (Å²) >= 11 is 9.22. The number of nitrogens with one attached hydrogen (secondary N) is 2. The van der Waals surface area contributed by atoms with Gasteiger partial charge in [-0.3, -0.25) is 19.2 Å². The van der Waals surface area contributed by atoms with Crippen LogP contribution >= 0.6 is 23.2 Å². The minimum absolute atomic E-state index is 0. The SMILES string of the molecule is C.C/C=C/c1ccc(O)c(C(=O)C(=O)c2cc(/C=C/C)ccc2O)c1.COc1ccc(C2NC(c3cc(/C=C/C(=O)O)ccc3O)=C(c3cc(/C=C/C(=O)O)ccc3O)N2)cc1.COc1ccc(C=O)cc1.O=C(C(Cl)Cl)C(F)(F)F.O=C(O)C(F)(F)F. The summed E-state index contributed by atoms with van der Waals surface area (Å²) in [6.45, 7) is 3.65. The summed E-state index contributed by atoms with van der Waals surface area (Å²) in [4.78, 5) is 73.8. The largest absolute Gasteiger partial charge is 0.507 e. The summed E-state index contributed by atoms with van der Waals surface area (Å²) in [5.41, 5.74) is 5.45. The van der Waals surface area contributed by atoms with Gasteiger partial charge < -0.3 is 55.9 Å². The Bertz CT molecular complexity index is 3440. The van der Waals surface area contributed by atoms with Crippen LogP contribution in [0.3, 0.4) is 0 Å². The highest BCUT2D eigenvalue weighted by Gasteiger charge is 2.42. The second-order valence-electron chi connectivity index (χ2n) is 17.2. The van der Waals surface area contributed by atoms with Crippen LogP contribution in [0, 0.1) is 0 Å². The van der Waals surface area contributed by atoms with Crippen LogP contribution in [0.5, 0.6) is 34.5 Å². The van der Waals surface area contributed by atoms with Crippen LogP contribution in [0.4, 0.5) is 26.3 Å². The van der Waals surface area contributed by atoms with Gasteiger partial charge in [-0.25, -0.2) is 14.4 Å². The van der Waals surface area contributed by atoms with Crippen molar-refractivity contribution in [3.8, 4) is 34.5 Å². The number of aldehydes is 1.